The van der Waals surface area contributed by atoms with Gasteiger partial charge in [-0.15, -0.1) is 0 Å². The number of benzene rings is 1. The number of ether oxygens (including phenoxy) is 1. The van der Waals surface area contributed by atoms with E-state index in [1.807, 2.05) is 41.1 Å². The Morgan fingerprint density at radius 1 is 1.33 bits per heavy atom. The molecule has 0 aliphatic carbocycles. The molecule has 0 bridgehead atoms. The van der Waals surface area contributed by atoms with Gasteiger partial charge in [0.15, 0.2) is 0 Å². The van der Waals surface area contributed by atoms with Crippen LogP contribution >= 0.6 is 0 Å². The molecule has 112 valence electrons. The van der Waals surface area contributed by atoms with Crippen LogP contribution in [-0.4, -0.2) is 47.0 Å². The topological polar surface area (TPSA) is 56.3 Å². The van der Waals surface area contributed by atoms with E-state index in [9.17, 15) is 0 Å². The van der Waals surface area contributed by atoms with Crippen LogP contribution in [0.3, 0.4) is 0 Å². The van der Waals surface area contributed by atoms with Gasteiger partial charge in [-0.2, -0.15) is 5.10 Å². The zero-order valence-corrected chi connectivity index (χ0v) is 12.4. The molecule has 0 amide bonds. The van der Waals surface area contributed by atoms with Crippen LogP contribution in [0.5, 0.6) is 0 Å². The van der Waals surface area contributed by atoms with Crippen molar-refractivity contribution >= 4 is 0 Å². The van der Waals surface area contributed by atoms with E-state index in [0.29, 0.717) is 0 Å². The van der Waals surface area contributed by atoms with Crippen molar-refractivity contribution in [3.63, 3.8) is 0 Å². The molecule has 2 aromatic rings. The van der Waals surface area contributed by atoms with Gasteiger partial charge in [-0.3, -0.25) is 4.90 Å². The zero-order valence-electron chi connectivity index (χ0n) is 12.4. The summed E-state index contributed by atoms with van der Waals surface area (Å²) in [5.41, 5.74) is 8.47. The van der Waals surface area contributed by atoms with Crippen molar-refractivity contribution in [2.75, 3.05) is 26.2 Å². The highest BCUT2D eigenvalue weighted by molar-refractivity contribution is 5.33. The van der Waals surface area contributed by atoms with Crippen LogP contribution in [0.25, 0.3) is 5.69 Å². The van der Waals surface area contributed by atoms with Gasteiger partial charge in [0, 0.05) is 19.3 Å². The minimum absolute atomic E-state index is 0.0119. The molecule has 21 heavy (non-hydrogen) atoms. The summed E-state index contributed by atoms with van der Waals surface area (Å²) in [5.74, 6) is 0. The Labute approximate surface area is 125 Å². The third-order valence-corrected chi connectivity index (χ3v) is 4.04. The third-order valence-electron chi connectivity index (χ3n) is 4.04. The van der Waals surface area contributed by atoms with Gasteiger partial charge in [-0.25, -0.2) is 4.68 Å². The highest BCUT2D eigenvalue weighted by Crippen LogP contribution is 2.22. The van der Waals surface area contributed by atoms with Gasteiger partial charge in [0.1, 0.15) is 0 Å². The van der Waals surface area contributed by atoms with Crippen LogP contribution in [0.15, 0.2) is 42.6 Å². The first-order valence-corrected chi connectivity index (χ1v) is 7.48. The molecule has 0 spiro atoms. The summed E-state index contributed by atoms with van der Waals surface area (Å²) in [4.78, 5) is 2.37. The fraction of sp³-hybridized carbons (Fsp3) is 0.438. The number of morpholine rings is 1. The van der Waals surface area contributed by atoms with Crippen LogP contribution in [-0.2, 0) is 4.74 Å². The van der Waals surface area contributed by atoms with Gasteiger partial charge in [0.25, 0.3) is 0 Å². The lowest BCUT2D eigenvalue weighted by atomic mass is 10.1. The van der Waals surface area contributed by atoms with E-state index in [2.05, 4.69) is 16.9 Å². The average Bonchev–Trinajstić information content (AvgIpc) is 3.04. The third kappa shape index (κ3) is 3.00. The van der Waals surface area contributed by atoms with Crippen molar-refractivity contribution in [3.05, 3.63) is 48.3 Å². The molecule has 1 aliphatic heterocycles. The van der Waals surface area contributed by atoms with Crippen molar-refractivity contribution in [1.29, 1.82) is 0 Å². The highest BCUT2D eigenvalue weighted by atomic mass is 16.5. The van der Waals surface area contributed by atoms with Crippen LogP contribution in [0.4, 0.5) is 0 Å². The number of aromatic nitrogens is 2. The molecule has 1 aliphatic rings. The number of hydrogen-bond acceptors (Lipinski definition) is 4. The molecule has 3 rings (SSSR count). The Hall–Kier alpha value is -1.69. The van der Waals surface area contributed by atoms with Crippen molar-refractivity contribution in [2.45, 2.75) is 19.1 Å². The molecule has 2 atom stereocenters. The van der Waals surface area contributed by atoms with Gasteiger partial charge >= 0.3 is 0 Å². The van der Waals surface area contributed by atoms with E-state index in [1.165, 1.54) is 0 Å². The molecule has 1 aromatic carbocycles. The largest absolute Gasteiger partial charge is 0.374 e. The summed E-state index contributed by atoms with van der Waals surface area (Å²) in [6.07, 6.45) is 1.81. The molecule has 0 saturated carbocycles. The quantitative estimate of drug-likeness (QED) is 0.927. The molecule has 0 radical (unpaired) electrons. The number of hydrogen-bond donors (Lipinski definition) is 1. The summed E-state index contributed by atoms with van der Waals surface area (Å²) in [6, 6.07) is 11.9. The smallest absolute Gasteiger partial charge is 0.0910 e. The molecule has 1 aromatic heterocycles. The highest BCUT2D eigenvalue weighted by Gasteiger charge is 2.28. The normalized spacial score (nSPS) is 21.3. The maximum Gasteiger partial charge on any atom is 0.0910 e. The monoisotopic (exact) mass is 286 g/mol. The zero-order chi connectivity index (χ0) is 14.7. The standard InChI is InChI=1S/C16H22N4O/c1-2-19-10-11-21-15(12-19)16(17)14-8-9-18-20(14)13-6-4-3-5-7-13/h3-9,15-16H,2,10-12,17H2,1H3. The summed E-state index contributed by atoms with van der Waals surface area (Å²) in [7, 11) is 0. The lowest BCUT2D eigenvalue weighted by Crippen LogP contribution is -2.47. The number of rotatable bonds is 4. The summed E-state index contributed by atoms with van der Waals surface area (Å²) < 4.78 is 7.78. The molecule has 2 heterocycles. The van der Waals surface area contributed by atoms with Crippen molar-refractivity contribution < 1.29 is 4.74 Å². The van der Waals surface area contributed by atoms with Crippen LogP contribution in [0.1, 0.15) is 18.7 Å². The molecule has 5 heteroatoms. The second kappa shape index (κ2) is 6.39. The van der Waals surface area contributed by atoms with Crippen LogP contribution in [0, 0.1) is 0 Å². The Kier molecular flexibility index (Phi) is 4.34. The average molecular weight is 286 g/mol. The van der Waals surface area contributed by atoms with E-state index in [-0.39, 0.29) is 12.1 Å². The Morgan fingerprint density at radius 3 is 2.90 bits per heavy atom. The van der Waals surface area contributed by atoms with Gasteiger partial charge in [-0.1, -0.05) is 25.1 Å². The van der Waals surface area contributed by atoms with E-state index in [4.69, 9.17) is 10.5 Å². The van der Waals surface area contributed by atoms with E-state index < -0.39 is 0 Å². The molecule has 5 nitrogen and oxygen atoms in total. The second-order valence-corrected chi connectivity index (χ2v) is 5.33. The predicted octanol–water partition coefficient (Wildman–Crippen LogP) is 1.59. The number of likely N-dealkylation sites (N-methyl/N-ethyl adjacent to an activating group) is 1. The van der Waals surface area contributed by atoms with Crippen molar-refractivity contribution in [2.24, 2.45) is 5.73 Å². The Balaban J connectivity index is 1.82. The predicted molar refractivity (Wildman–Crippen MR) is 82.3 cm³/mol. The molecule has 1 fully saturated rings. The minimum Gasteiger partial charge on any atom is -0.374 e. The number of nitrogens with two attached hydrogens (primary N) is 1. The summed E-state index contributed by atoms with van der Waals surface area (Å²) >= 11 is 0. The van der Waals surface area contributed by atoms with Crippen LogP contribution in [0.2, 0.25) is 0 Å². The SMILES string of the molecule is CCN1CCOC(C(N)c2ccnn2-c2ccccc2)C1. The Bertz CT molecular complexity index is 569. The van der Waals surface area contributed by atoms with Crippen molar-refractivity contribution in [1.82, 2.24) is 14.7 Å². The van der Waals surface area contributed by atoms with E-state index in [1.54, 1.807) is 6.20 Å². The minimum atomic E-state index is -0.179. The first-order chi connectivity index (χ1) is 10.3. The summed E-state index contributed by atoms with van der Waals surface area (Å²) in [6.45, 7) is 5.80. The fourth-order valence-corrected chi connectivity index (χ4v) is 2.78. The second-order valence-electron chi connectivity index (χ2n) is 5.33. The Morgan fingerprint density at radius 2 is 2.14 bits per heavy atom. The maximum atomic E-state index is 6.46. The molecule has 2 unspecified atom stereocenters. The fourth-order valence-electron chi connectivity index (χ4n) is 2.78. The number of para-hydroxylation sites is 1. The molecule has 1 saturated heterocycles. The van der Waals surface area contributed by atoms with Gasteiger partial charge < -0.3 is 10.5 Å². The van der Waals surface area contributed by atoms with Gasteiger partial charge in [0.05, 0.1) is 30.1 Å². The number of nitrogens with zero attached hydrogens (tertiary/aromatic N) is 3. The summed E-state index contributed by atoms with van der Waals surface area (Å²) in [5, 5.41) is 4.41. The van der Waals surface area contributed by atoms with Gasteiger partial charge in [-0.05, 0) is 24.7 Å². The molecular weight excluding hydrogens is 264 g/mol. The van der Waals surface area contributed by atoms with E-state index in [0.717, 1.165) is 37.6 Å². The van der Waals surface area contributed by atoms with Crippen LogP contribution < -0.4 is 5.73 Å². The molecule has 2 N–H and O–H groups in total. The maximum absolute atomic E-state index is 6.46. The first-order valence-electron chi connectivity index (χ1n) is 7.48. The lowest BCUT2D eigenvalue weighted by molar-refractivity contribution is -0.0401. The first kappa shape index (κ1) is 14.3. The molecular formula is C16H22N4O. The van der Waals surface area contributed by atoms with Gasteiger partial charge in [0.2, 0.25) is 0 Å². The lowest BCUT2D eigenvalue weighted by Gasteiger charge is -2.35. The van der Waals surface area contributed by atoms with E-state index >= 15 is 0 Å². The van der Waals surface area contributed by atoms with Crippen molar-refractivity contribution in [3.8, 4) is 5.69 Å².